The maximum atomic E-state index is 9.55. The van der Waals surface area contributed by atoms with Gasteiger partial charge in [0.15, 0.2) is 17.3 Å². The molecule has 176 valence electrons. The normalized spacial score (nSPS) is 10.8. The topological polar surface area (TPSA) is 88.8 Å². The van der Waals surface area contributed by atoms with Gasteiger partial charge in [-0.15, -0.1) is 0 Å². The molecule has 0 aliphatic carbocycles. The number of rotatable bonds is 10. The third kappa shape index (κ3) is 6.61. The molecule has 1 heterocycles. The molecule has 0 radical (unpaired) electrons. The number of benzene rings is 2. The Morgan fingerprint density at radius 2 is 1.88 bits per heavy atom. The highest BCUT2D eigenvalue weighted by Crippen LogP contribution is 2.37. The quantitative estimate of drug-likeness (QED) is 0.266. The van der Waals surface area contributed by atoms with Crippen LogP contribution in [0.2, 0.25) is 10.0 Å². The Bertz CT molecular complexity index is 1210. The van der Waals surface area contributed by atoms with Crippen LogP contribution in [-0.2, 0) is 18.0 Å². The van der Waals surface area contributed by atoms with E-state index in [1.54, 1.807) is 37.6 Å². The van der Waals surface area contributed by atoms with E-state index in [-0.39, 0.29) is 0 Å². The van der Waals surface area contributed by atoms with Gasteiger partial charge in [-0.2, -0.15) is 10.4 Å². The van der Waals surface area contributed by atoms with Crippen LogP contribution in [-0.4, -0.2) is 24.9 Å². The maximum absolute atomic E-state index is 9.55. The summed E-state index contributed by atoms with van der Waals surface area (Å²) in [6, 6.07) is 14.8. The van der Waals surface area contributed by atoms with Crippen LogP contribution in [0.1, 0.15) is 34.9 Å². The first-order valence-corrected chi connectivity index (χ1v) is 11.2. The average Bonchev–Trinajstić information content (AvgIpc) is 2.80. The molecular formula is C25H24Cl2N4O3. The zero-order chi connectivity index (χ0) is 24.5. The first-order chi connectivity index (χ1) is 16.4. The summed E-state index contributed by atoms with van der Waals surface area (Å²) in [4.78, 5) is 4.37. The minimum atomic E-state index is 0.301. The second-order valence-corrected chi connectivity index (χ2v) is 8.08. The van der Waals surface area contributed by atoms with E-state index in [1.165, 1.54) is 0 Å². The van der Waals surface area contributed by atoms with Crippen molar-refractivity contribution in [2.45, 2.75) is 27.1 Å². The van der Waals surface area contributed by atoms with Crippen molar-refractivity contribution in [1.82, 2.24) is 4.98 Å². The van der Waals surface area contributed by atoms with Gasteiger partial charge in [-0.25, -0.2) is 4.98 Å². The summed E-state index contributed by atoms with van der Waals surface area (Å²) in [5.41, 5.74) is 6.33. The first kappa shape index (κ1) is 25.3. The van der Waals surface area contributed by atoms with Gasteiger partial charge >= 0.3 is 0 Å². The molecule has 1 N–H and O–H groups in total. The Hall–Kier alpha value is -3.31. The van der Waals surface area contributed by atoms with Gasteiger partial charge in [-0.3, -0.25) is 5.43 Å². The lowest BCUT2D eigenvalue weighted by atomic mass is 10.1. The molecule has 0 saturated carbocycles. The summed E-state index contributed by atoms with van der Waals surface area (Å²) in [7, 11) is 1.57. The molecule has 0 atom stereocenters. The molecule has 0 aliphatic rings. The number of methoxy groups -OCH3 is 1. The van der Waals surface area contributed by atoms with Crippen LogP contribution in [0, 0.1) is 18.3 Å². The molecule has 3 rings (SSSR count). The number of pyridine rings is 1. The average molecular weight is 499 g/mol. The Balaban J connectivity index is 1.80. The summed E-state index contributed by atoms with van der Waals surface area (Å²) in [5, 5.41) is 14.8. The summed E-state index contributed by atoms with van der Waals surface area (Å²) >= 11 is 12.4. The minimum Gasteiger partial charge on any atom is -0.490 e. The van der Waals surface area contributed by atoms with Crippen molar-refractivity contribution < 1.29 is 14.2 Å². The lowest BCUT2D eigenvalue weighted by molar-refractivity contribution is 0.184. The zero-order valence-electron chi connectivity index (χ0n) is 19.1. The fraction of sp³-hybridized carbons (Fsp3) is 0.240. The number of nitriles is 1. The van der Waals surface area contributed by atoms with E-state index < -0.39 is 0 Å². The van der Waals surface area contributed by atoms with Gasteiger partial charge in [-0.1, -0.05) is 35.3 Å². The van der Waals surface area contributed by atoms with Gasteiger partial charge in [0.25, 0.3) is 0 Å². The summed E-state index contributed by atoms with van der Waals surface area (Å²) in [6.07, 6.45) is 1.57. The van der Waals surface area contributed by atoms with Gasteiger partial charge in [-0.05, 0) is 55.3 Å². The number of aryl methyl sites for hydroxylation is 1. The highest BCUT2D eigenvalue weighted by molar-refractivity contribution is 6.32. The van der Waals surface area contributed by atoms with Crippen LogP contribution >= 0.6 is 23.2 Å². The lowest BCUT2D eigenvalue weighted by Crippen LogP contribution is -2.04. The van der Waals surface area contributed by atoms with E-state index in [0.717, 1.165) is 16.8 Å². The van der Waals surface area contributed by atoms with Gasteiger partial charge in [0.1, 0.15) is 18.2 Å². The number of nitrogens with zero attached hydrogens (tertiary/aromatic N) is 3. The van der Waals surface area contributed by atoms with E-state index in [2.05, 4.69) is 21.6 Å². The Morgan fingerprint density at radius 3 is 2.56 bits per heavy atom. The van der Waals surface area contributed by atoms with E-state index >= 15 is 0 Å². The molecule has 0 amide bonds. The van der Waals surface area contributed by atoms with E-state index in [4.69, 9.17) is 37.4 Å². The second-order valence-electron chi connectivity index (χ2n) is 7.24. The van der Waals surface area contributed by atoms with Gasteiger partial charge in [0.05, 0.1) is 24.5 Å². The Kier molecular flexibility index (Phi) is 9.11. The van der Waals surface area contributed by atoms with Crippen LogP contribution < -0.4 is 14.9 Å². The Morgan fingerprint density at radius 1 is 1.12 bits per heavy atom. The standard InChI is InChI=1S/C25H24Cl2N4O3/c1-4-33-23-11-18(10-22(27)24(23)34-14-17-5-7-20(26)8-6-17)13-29-31-25-21(12-28)19(15-32-3)9-16(2)30-25/h5-11,13H,4,14-15H2,1-3H3,(H,30,31)/b29-13+. The van der Waals surface area contributed by atoms with Crippen molar-refractivity contribution in [3.8, 4) is 17.6 Å². The smallest absolute Gasteiger partial charge is 0.180 e. The fourth-order valence-corrected chi connectivity index (χ4v) is 3.59. The molecule has 0 fully saturated rings. The SMILES string of the molecule is CCOc1cc(/C=N/Nc2nc(C)cc(COC)c2C#N)cc(Cl)c1OCc1ccc(Cl)cc1. The number of aromatic nitrogens is 1. The molecule has 7 nitrogen and oxygen atoms in total. The number of hydrogen-bond donors (Lipinski definition) is 1. The highest BCUT2D eigenvalue weighted by Gasteiger charge is 2.14. The monoisotopic (exact) mass is 498 g/mol. The van der Waals surface area contributed by atoms with Crippen LogP contribution in [0.25, 0.3) is 0 Å². The van der Waals surface area contributed by atoms with Crippen LogP contribution in [0.15, 0.2) is 47.6 Å². The van der Waals surface area contributed by atoms with E-state index in [9.17, 15) is 5.26 Å². The number of anilines is 1. The minimum absolute atomic E-state index is 0.301. The number of nitrogens with one attached hydrogen (secondary N) is 1. The fourth-order valence-electron chi connectivity index (χ4n) is 3.19. The molecule has 0 spiro atoms. The van der Waals surface area contributed by atoms with Gasteiger partial charge in [0, 0.05) is 23.4 Å². The molecule has 34 heavy (non-hydrogen) atoms. The predicted molar refractivity (Wildman–Crippen MR) is 134 cm³/mol. The summed E-state index contributed by atoms with van der Waals surface area (Å²) < 4.78 is 16.9. The van der Waals surface area contributed by atoms with Crippen molar-refractivity contribution in [3.05, 3.63) is 80.5 Å². The third-order valence-electron chi connectivity index (χ3n) is 4.65. The number of hydrogen-bond acceptors (Lipinski definition) is 7. The van der Waals surface area contributed by atoms with Crippen molar-refractivity contribution >= 4 is 35.2 Å². The molecule has 3 aromatic rings. The van der Waals surface area contributed by atoms with Crippen LogP contribution in [0.5, 0.6) is 11.5 Å². The molecule has 0 unspecified atom stereocenters. The molecule has 0 bridgehead atoms. The van der Waals surface area contributed by atoms with Gasteiger partial charge in [0.2, 0.25) is 0 Å². The highest BCUT2D eigenvalue weighted by atomic mass is 35.5. The third-order valence-corrected chi connectivity index (χ3v) is 5.19. The maximum Gasteiger partial charge on any atom is 0.180 e. The predicted octanol–water partition coefficient (Wildman–Crippen LogP) is 6.14. The molecule has 2 aromatic carbocycles. The number of hydrazone groups is 1. The molecule has 9 heteroatoms. The lowest BCUT2D eigenvalue weighted by Gasteiger charge is -2.14. The number of halogens is 2. The largest absolute Gasteiger partial charge is 0.490 e. The van der Waals surface area contributed by atoms with Crippen LogP contribution in [0.3, 0.4) is 0 Å². The Labute approximate surface area is 208 Å². The van der Waals surface area contributed by atoms with Crippen molar-refractivity contribution in [1.29, 1.82) is 5.26 Å². The van der Waals surface area contributed by atoms with E-state index in [0.29, 0.717) is 58.3 Å². The van der Waals surface area contributed by atoms with Crippen molar-refractivity contribution in [3.63, 3.8) is 0 Å². The summed E-state index contributed by atoms with van der Waals surface area (Å²) in [5.74, 6) is 1.30. The van der Waals surface area contributed by atoms with E-state index in [1.807, 2.05) is 32.0 Å². The molecule has 0 saturated heterocycles. The first-order valence-electron chi connectivity index (χ1n) is 10.5. The van der Waals surface area contributed by atoms with Crippen molar-refractivity contribution in [2.75, 3.05) is 19.1 Å². The van der Waals surface area contributed by atoms with Gasteiger partial charge < -0.3 is 14.2 Å². The molecule has 1 aromatic heterocycles. The number of ether oxygens (including phenoxy) is 3. The second kappa shape index (κ2) is 12.2. The molecular weight excluding hydrogens is 475 g/mol. The summed E-state index contributed by atoms with van der Waals surface area (Å²) in [6.45, 7) is 4.77. The van der Waals surface area contributed by atoms with Crippen LogP contribution in [0.4, 0.5) is 5.82 Å². The molecule has 0 aliphatic heterocycles. The van der Waals surface area contributed by atoms with Crippen molar-refractivity contribution in [2.24, 2.45) is 5.10 Å². The zero-order valence-corrected chi connectivity index (χ0v) is 20.6.